The zero-order chi connectivity index (χ0) is 19.6. The van der Waals surface area contributed by atoms with Gasteiger partial charge < -0.3 is 10.6 Å². The van der Waals surface area contributed by atoms with Gasteiger partial charge in [-0.2, -0.15) is 13.2 Å². The summed E-state index contributed by atoms with van der Waals surface area (Å²) < 4.78 is 38.2. The lowest BCUT2D eigenvalue weighted by Crippen LogP contribution is -2.30. The molecule has 0 atom stereocenters. The maximum absolute atomic E-state index is 12.7. The average Bonchev–Trinajstić information content (AvgIpc) is 2.94. The number of rotatable bonds is 4. The summed E-state index contributed by atoms with van der Waals surface area (Å²) in [5, 5.41) is 4.81. The van der Waals surface area contributed by atoms with Gasteiger partial charge in [0.25, 0.3) is 5.91 Å². The molecule has 9 heteroatoms. The van der Waals surface area contributed by atoms with Crippen LogP contribution in [0.15, 0.2) is 48.5 Å². The van der Waals surface area contributed by atoms with Crippen LogP contribution in [0.4, 0.5) is 23.7 Å². The van der Waals surface area contributed by atoms with Crippen molar-refractivity contribution in [3.8, 4) is 0 Å². The van der Waals surface area contributed by atoms with Crippen LogP contribution in [0.3, 0.4) is 0 Å². The number of nitrogens with one attached hydrogen (secondary N) is 2. The van der Waals surface area contributed by atoms with Crippen LogP contribution in [-0.2, 0) is 17.5 Å². The largest absolute Gasteiger partial charge is 0.416 e. The Kier molecular flexibility index (Phi) is 4.85. The van der Waals surface area contributed by atoms with Crippen LogP contribution < -0.4 is 10.6 Å². The van der Waals surface area contributed by atoms with E-state index < -0.39 is 23.7 Å². The van der Waals surface area contributed by atoms with Crippen molar-refractivity contribution >= 4 is 23.5 Å². The van der Waals surface area contributed by atoms with E-state index in [1.165, 1.54) is 24.3 Å². The Morgan fingerprint density at radius 3 is 2.41 bits per heavy atom. The summed E-state index contributed by atoms with van der Waals surface area (Å²) in [6.07, 6.45) is -4.50. The molecule has 1 aliphatic rings. The van der Waals surface area contributed by atoms with Crippen molar-refractivity contribution < 1.29 is 27.6 Å². The van der Waals surface area contributed by atoms with E-state index in [1.54, 1.807) is 12.1 Å². The highest BCUT2D eigenvalue weighted by Gasteiger charge is 2.30. The minimum Gasteiger partial charge on any atom is -0.329 e. The molecule has 2 aromatic rings. The van der Waals surface area contributed by atoms with Gasteiger partial charge in [-0.15, -0.1) is 0 Å². The summed E-state index contributed by atoms with van der Waals surface area (Å²) in [7, 11) is 0. The molecule has 0 radical (unpaired) electrons. The molecule has 140 valence electrons. The molecule has 1 heterocycles. The Hall–Kier alpha value is -3.36. The van der Waals surface area contributed by atoms with Crippen molar-refractivity contribution in [1.29, 1.82) is 0 Å². The number of benzene rings is 2. The summed E-state index contributed by atoms with van der Waals surface area (Å²) in [5.74, 6) is -0.915. The highest BCUT2D eigenvalue weighted by Crippen LogP contribution is 2.30. The van der Waals surface area contributed by atoms with Crippen molar-refractivity contribution in [2.24, 2.45) is 0 Å². The zero-order valence-corrected chi connectivity index (χ0v) is 13.8. The number of amides is 4. The van der Waals surface area contributed by atoms with Crippen LogP contribution in [0, 0.1) is 0 Å². The average molecular weight is 377 g/mol. The highest BCUT2D eigenvalue weighted by molar-refractivity contribution is 6.04. The molecule has 0 unspecified atom stereocenters. The number of alkyl halides is 3. The second kappa shape index (κ2) is 7.10. The maximum atomic E-state index is 12.7. The van der Waals surface area contributed by atoms with Crippen molar-refractivity contribution in [1.82, 2.24) is 10.2 Å². The molecule has 6 nitrogen and oxygen atoms in total. The van der Waals surface area contributed by atoms with Crippen LogP contribution in [-0.4, -0.2) is 29.3 Å². The standard InChI is InChI=1S/C18H14F3N3O3/c19-18(20,21)13-2-1-3-14(8-13)23-16(26)12-6-4-11(5-7-12)10-24-15(25)9-22-17(24)27/h1-8H,9-10H2,(H,22,27)(H,23,26). The minimum atomic E-state index is -4.50. The first-order valence-corrected chi connectivity index (χ1v) is 7.90. The first kappa shape index (κ1) is 18.4. The van der Waals surface area contributed by atoms with Gasteiger partial charge in [0.15, 0.2) is 0 Å². The quantitative estimate of drug-likeness (QED) is 0.804. The molecule has 1 aliphatic heterocycles. The van der Waals surface area contributed by atoms with Gasteiger partial charge in [-0.05, 0) is 35.9 Å². The second-order valence-electron chi connectivity index (χ2n) is 5.87. The predicted molar refractivity (Wildman–Crippen MR) is 89.8 cm³/mol. The minimum absolute atomic E-state index is 0.0261. The molecule has 0 spiro atoms. The SMILES string of the molecule is O=C(Nc1cccc(C(F)(F)F)c1)c1ccc(CN2C(=O)CNC2=O)cc1. The second-order valence-corrected chi connectivity index (χ2v) is 5.87. The van der Waals surface area contributed by atoms with Gasteiger partial charge in [0.1, 0.15) is 0 Å². The maximum Gasteiger partial charge on any atom is 0.416 e. The van der Waals surface area contributed by atoms with Gasteiger partial charge in [-0.3, -0.25) is 14.5 Å². The fraction of sp³-hybridized carbons (Fsp3) is 0.167. The Bertz CT molecular complexity index is 879. The summed E-state index contributed by atoms with van der Waals surface area (Å²) in [4.78, 5) is 36.3. The highest BCUT2D eigenvalue weighted by atomic mass is 19.4. The van der Waals surface area contributed by atoms with E-state index in [0.717, 1.165) is 17.0 Å². The van der Waals surface area contributed by atoms with Crippen molar-refractivity contribution in [2.45, 2.75) is 12.7 Å². The molecule has 0 aliphatic carbocycles. The molecule has 27 heavy (non-hydrogen) atoms. The number of hydrogen-bond acceptors (Lipinski definition) is 3. The third-order valence-corrected chi connectivity index (χ3v) is 3.94. The first-order valence-electron chi connectivity index (χ1n) is 7.90. The Labute approximate surface area is 152 Å². The fourth-order valence-electron chi connectivity index (χ4n) is 2.54. The Morgan fingerprint density at radius 1 is 1.11 bits per heavy atom. The summed E-state index contributed by atoms with van der Waals surface area (Å²) in [6, 6.07) is 9.93. The van der Waals surface area contributed by atoms with Gasteiger partial charge in [0, 0.05) is 11.3 Å². The number of halogens is 3. The van der Waals surface area contributed by atoms with Crippen molar-refractivity contribution in [3.63, 3.8) is 0 Å². The van der Waals surface area contributed by atoms with E-state index in [-0.39, 0.29) is 30.2 Å². The molecule has 2 N–H and O–H groups in total. The van der Waals surface area contributed by atoms with E-state index in [2.05, 4.69) is 10.6 Å². The number of urea groups is 1. The lowest BCUT2D eigenvalue weighted by atomic mass is 10.1. The zero-order valence-electron chi connectivity index (χ0n) is 13.8. The summed E-state index contributed by atoms with van der Waals surface area (Å²) in [6.45, 7) is 0.0243. The lowest BCUT2D eigenvalue weighted by molar-refractivity contribution is -0.137. The topological polar surface area (TPSA) is 78.5 Å². The number of anilines is 1. The van der Waals surface area contributed by atoms with E-state index >= 15 is 0 Å². The summed E-state index contributed by atoms with van der Waals surface area (Å²) in [5.41, 5.74) is 0.0341. The molecular weight excluding hydrogens is 363 g/mol. The molecule has 0 aromatic heterocycles. The monoisotopic (exact) mass is 377 g/mol. The van der Waals surface area contributed by atoms with Gasteiger partial charge in [-0.1, -0.05) is 18.2 Å². The number of carbonyl (C=O) groups is 3. The lowest BCUT2D eigenvalue weighted by Gasteiger charge is -2.13. The predicted octanol–water partition coefficient (Wildman–Crippen LogP) is 3.01. The summed E-state index contributed by atoms with van der Waals surface area (Å²) >= 11 is 0. The van der Waals surface area contributed by atoms with Crippen LogP contribution in [0.2, 0.25) is 0 Å². The van der Waals surface area contributed by atoms with Crippen LogP contribution in [0.25, 0.3) is 0 Å². The van der Waals surface area contributed by atoms with E-state index in [4.69, 9.17) is 0 Å². The normalized spacial score (nSPS) is 14.3. The third kappa shape index (κ3) is 4.25. The molecular formula is C18H14F3N3O3. The number of carbonyl (C=O) groups excluding carboxylic acids is 3. The van der Waals surface area contributed by atoms with Crippen molar-refractivity contribution in [3.05, 3.63) is 65.2 Å². The van der Waals surface area contributed by atoms with E-state index in [1.807, 2.05) is 0 Å². The first-order chi connectivity index (χ1) is 12.7. The molecule has 3 rings (SSSR count). The van der Waals surface area contributed by atoms with Crippen LogP contribution in [0.1, 0.15) is 21.5 Å². The van der Waals surface area contributed by atoms with Gasteiger partial charge in [0.05, 0.1) is 18.7 Å². The van der Waals surface area contributed by atoms with Gasteiger partial charge >= 0.3 is 12.2 Å². The fourth-order valence-corrected chi connectivity index (χ4v) is 2.54. The molecule has 0 bridgehead atoms. The van der Waals surface area contributed by atoms with Gasteiger partial charge in [0.2, 0.25) is 5.91 Å². The molecule has 1 fully saturated rings. The molecule has 2 aromatic carbocycles. The number of imide groups is 1. The molecule has 4 amide bonds. The van der Waals surface area contributed by atoms with Crippen LogP contribution >= 0.6 is 0 Å². The van der Waals surface area contributed by atoms with E-state index in [9.17, 15) is 27.6 Å². The Balaban J connectivity index is 1.67. The van der Waals surface area contributed by atoms with Crippen LogP contribution in [0.5, 0.6) is 0 Å². The van der Waals surface area contributed by atoms with E-state index in [0.29, 0.717) is 5.56 Å². The molecule has 1 saturated heterocycles. The van der Waals surface area contributed by atoms with Gasteiger partial charge in [-0.25, -0.2) is 4.79 Å². The smallest absolute Gasteiger partial charge is 0.329 e. The van der Waals surface area contributed by atoms with Crippen molar-refractivity contribution in [2.75, 3.05) is 11.9 Å². The molecule has 0 saturated carbocycles. The number of hydrogen-bond donors (Lipinski definition) is 2. The number of nitrogens with zero attached hydrogens (tertiary/aromatic N) is 1. The third-order valence-electron chi connectivity index (χ3n) is 3.94. The Morgan fingerprint density at radius 2 is 1.81 bits per heavy atom.